The first kappa shape index (κ1) is 18.4. The van der Waals surface area contributed by atoms with E-state index >= 15 is 0 Å². The Morgan fingerprint density at radius 1 is 0.793 bits per heavy atom. The minimum absolute atomic E-state index is 0.211. The molecule has 4 rings (SSSR count). The summed E-state index contributed by atoms with van der Waals surface area (Å²) in [5.74, 6) is -0.335. The molecule has 0 atom stereocenters. The van der Waals surface area contributed by atoms with Crippen LogP contribution in [0.25, 0.3) is 16.5 Å². The number of nitrogens with zero attached hydrogens (tertiary/aromatic N) is 2. The van der Waals surface area contributed by atoms with Crippen LogP contribution < -0.4 is 16.4 Å². The lowest BCUT2D eigenvalue weighted by Crippen LogP contribution is -2.42. The van der Waals surface area contributed by atoms with Crippen LogP contribution in [0, 0.1) is 0 Å². The van der Waals surface area contributed by atoms with Crippen molar-refractivity contribution in [3.8, 4) is 5.69 Å². The lowest BCUT2D eigenvalue weighted by Gasteiger charge is -2.11. The van der Waals surface area contributed by atoms with Crippen molar-refractivity contribution in [1.29, 1.82) is 0 Å². The van der Waals surface area contributed by atoms with Gasteiger partial charge in [-0.1, -0.05) is 66.7 Å². The average Bonchev–Trinajstić information content (AvgIpc) is 2.76. The van der Waals surface area contributed by atoms with Crippen molar-refractivity contribution in [3.63, 3.8) is 0 Å². The Kier molecular flexibility index (Phi) is 5.07. The smallest absolute Gasteiger partial charge is 0.321 e. The molecule has 0 saturated heterocycles. The largest absolute Gasteiger partial charge is 0.350 e. The third-order valence-corrected chi connectivity index (χ3v) is 4.73. The van der Waals surface area contributed by atoms with E-state index in [-0.39, 0.29) is 12.5 Å². The van der Waals surface area contributed by atoms with Crippen molar-refractivity contribution in [2.45, 2.75) is 13.1 Å². The number of hydrogen-bond acceptors (Lipinski definition) is 3. The number of benzene rings is 3. The molecule has 1 N–H and O–H groups in total. The van der Waals surface area contributed by atoms with E-state index in [9.17, 15) is 14.4 Å². The van der Waals surface area contributed by atoms with Gasteiger partial charge in [-0.3, -0.25) is 23.5 Å². The van der Waals surface area contributed by atoms with Gasteiger partial charge >= 0.3 is 11.1 Å². The molecule has 0 bridgehead atoms. The number of aromatic nitrogens is 2. The van der Waals surface area contributed by atoms with E-state index in [1.165, 1.54) is 17.0 Å². The van der Waals surface area contributed by atoms with Crippen LogP contribution in [0.4, 0.5) is 0 Å². The summed E-state index contributed by atoms with van der Waals surface area (Å²) in [6.45, 7) is 0.152. The zero-order valence-electron chi connectivity index (χ0n) is 15.6. The van der Waals surface area contributed by atoms with Gasteiger partial charge in [0.2, 0.25) is 5.91 Å². The normalized spacial score (nSPS) is 10.8. The van der Waals surface area contributed by atoms with E-state index in [0.717, 1.165) is 20.9 Å². The highest BCUT2D eigenvalue weighted by Gasteiger charge is 2.11. The quantitative estimate of drug-likeness (QED) is 0.537. The lowest BCUT2D eigenvalue weighted by molar-refractivity contribution is -0.121. The van der Waals surface area contributed by atoms with E-state index in [1.807, 2.05) is 66.7 Å². The third kappa shape index (κ3) is 3.87. The number of carbonyl (C=O) groups is 1. The SMILES string of the molecule is O=C(Cn1ccn(-c2cccc3ccccc23)c(=O)c1=O)NCc1ccccc1. The predicted molar refractivity (Wildman–Crippen MR) is 112 cm³/mol. The first-order chi connectivity index (χ1) is 14.1. The monoisotopic (exact) mass is 385 g/mol. The Balaban J connectivity index is 1.58. The lowest BCUT2D eigenvalue weighted by atomic mass is 10.1. The minimum Gasteiger partial charge on any atom is -0.350 e. The molecule has 0 aliphatic carbocycles. The van der Waals surface area contributed by atoms with Crippen LogP contribution in [0.2, 0.25) is 0 Å². The van der Waals surface area contributed by atoms with Crippen molar-refractivity contribution < 1.29 is 4.79 Å². The summed E-state index contributed by atoms with van der Waals surface area (Å²) in [7, 11) is 0. The maximum absolute atomic E-state index is 12.7. The number of fused-ring (bicyclic) bond motifs is 1. The molecule has 6 nitrogen and oxygen atoms in total. The summed E-state index contributed by atoms with van der Waals surface area (Å²) in [6, 6.07) is 22.7. The van der Waals surface area contributed by atoms with Gasteiger partial charge in [0.25, 0.3) is 0 Å². The zero-order valence-corrected chi connectivity index (χ0v) is 15.6. The molecule has 0 unspecified atom stereocenters. The Morgan fingerprint density at radius 2 is 1.52 bits per heavy atom. The van der Waals surface area contributed by atoms with E-state index in [2.05, 4.69) is 5.32 Å². The molecule has 0 aliphatic heterocycles. The zero-order chi connectivity index (χ0) is 20.2. The number of amides is 1. The van der Waals surface area contributed by atoms with E-state index in [4.69, 9.17) is 0 Å². The number of hydrogen-bond donors (Lipinski definition) is 1. The van der Waals surface area contributed by atoms with Gasteiger partial charge in [-0.15, -0.1) is 0 Å². The van der Waals surface area contributed by atoms with Crippen molar-refractivity contribution in [2.24, 2.45) is 0 Å². The molecule has 1 heterocycles. The van der Waals surface area contributed by atoms with E-state index in [0.29, 0.717) is 12.2 Å². The van der Waals surface area contributed by atoms with Gasteiger partial charge in [-0.25, -0.2) is 0 Å². The second-order valence-electron chi connectivity index (χ2n) is 6.67. The Hall–Kier alpha value is -3.93. The summed E-state index contributed by atoms with van der Waals surface area (Å²) in [4.78, 5) is 37.5. The minimum atomic E-state index is -0.740. The second-order valence-corrected chi connectivity index (χ2v) is 6.67. The van der Waals surface area contributed by atoms with Gasteiger partial charge in [0, 0.05) is 24.3 Å². The maximum atomic E-state index is 12.7. The molecular formula is C23H19N3O3. The summed E-state index contributed by atoms with van der Waals surface area (Å²) in [6.07, 6.45) is 2.99. The Morgan fingerprint density at radius 3 is 2.34 bits per heavy atom. The number of carbonyl (C=O) groups excluding carboxylic acids is 1. The van der Waals surface area contributed by atoms with Crippen LogP contribution in [0.3, 0.4) is 0 Å². The molecule has 144 valence electrons. The van der Waals surface area contributed by atoms with Gasteiger partial charge in [0.15, 0.2) is 0 Å². The summed E-state index contributed by atoms with van der Waals surface area (Å²) in [5, 5.41) is 4.60. The number of nitrogens with one attached hydrogen (secondary N) is 1. The molecule has 0 fully saturated rings. The first-order valence-corrected chi connectivity index (χ1v) is 9.24. The molecule has 6 heteroatoms. The molecule has 0 spiro atoms. The molecule has 29 heavy (non-hydrogen) atoms. The van der Waals surface area contributed by atoms with E-state index < -0.39 is 11.1 Å². The molecule has 0 saturated carbocycles. The van der Waals surface area contributed by atoms with Crippen LogP contribution in [-0.4, -0.2) is 15.0 Å². The highest BCUT2D eigenvalue weighted by molar-refractivity contribution is 5.90. The third-order valence-electron chi connectivity index (χ3n) is 4.73. The molecule has 4 aromatic rings. The van der Waals surface area contributed by atoms with Crippen molar-refractivity contribution in [3.05, 3.63) is 111 Å². The fourth-order valence-corrected chi connectivity index (χ4v) is 3.25. The maximum Gasteiger partial charge on any atom is 0.321 e. The van der Waals surface area contributed by atoms with Crippen LogP contribution in [0.1, 0.15) is 5.56 Å². The van der Waals surface area contributed by atoms with Gasteiger partial charge in [0.1, 0.15) is 6.54 Å². The van der Waals surface area contributed by atoms with Crippen LogP contribution in [0.5, 0.6) is 0 Å². The molecular weight excluding hydrogens is 366 g/mol. The second kappa shape index (κ2) is 7.98. The Bertz CT molecular complexity index is 1280. The fraction of sp³-hybridized carbons (Fsp3) is 0.0870. The summed E-state index contributed by atoms with van der Waals surface area (Å²) < 4.78 is 2.45. The topological polar surface area (TPSA) is 73.1 Å². The first-order valence-electron chi connectivity index (χ1n) is 9.24. The van der Waals surface area contributed by atoms with Crippen molar-refractivity contribution >= 4 is 16.7 Å². The van der Waals surface area contributed by atoms with Gasteiger partial charge < -0.3 is 5.32 Å². The van der Waals surface area contributed by atoms with Gasteiger partial charge in [0.05, 0.1) is 5.69 Å². The highest BCUT2D eigenvalue weighted by atomic mass is 16.2. The molecule has 0 aliphatic rings. The summed E-state index contributed by atoms with van der Waals surface area (Å²) >= 11 is 0. The van der Waals surface area contributed by atoms with Crippen molar-refractivity contribution in [1.82, 2.24) is 14.5 Å². The summed E-state index contributed by atoms with van der Waals surface area (Å²) in [5.41, 5.74) is 0.153. The van der Waals surface area contributed by atoms with Crippen LogP contribution in [0.15, 0.2) is 94.8 Å². The van der Waals surface area contributed by atoms with Crippen LogP contribution >= 0.6 is 0 Å². The molecule has 1 amide bonds. The van der Waals surface area contributed by atoms with Crippen molar-refractivity contribution in [2.75, 3.05) is 0 Å². The Labute approximate surface area is 166 Å². The fourth-order valence-electron chi connectivity index (χ4n) is 3.25. The molecule has 1 aromatic heterocycles. The van der Waals surface area contributed by atoms with Gasteiger partial charge in [-0.05, 0) is 17.0 Å². The average molecular weight is 385 g/mol. The predicted octanol–water partition coefficient (Wildman–Crippen LogP) is 2.47. The number of rotatable bonds is 5. The van der Waals surface area contributed by atoms with Gasteiger partial charge in [-0.2, -0.15) is 0 Å². The van der Waals surface area contributed by atoms with Crippen LogP contribution in [-0.2, 0) is 17.9 Å². The molecule has 0 radical (unpaired) electrons. The van der Waals surface area contributed by atoms with E-state index in [1.54, 1.807) is 6.07 Å². The highest BCUT2D eigenvalue weighted by Crippen LogP contribution is 2.20. The molecule has 3 aromatic carbocycles. The standard InChI is InChI=1S/C23H19N3O3/c27-21(24-15-17-7-2-1-3-8-17)16-25-13-14-26(23(29)22(25)28)20-12-6-10-18-9-4-5-11-19(18)20/h1-14H,15-16H2,(H,24,27).